The van der Waals surface area contributed by atoms with Crippen LogP contribution in [0.5, 0.6) is 5.75 Å². The van der Waals surface area contributed by atoms with Gasteiger partial charge in [0.1, 0.15) is 22.2 Å². The number of fused-ring (bicyclic) bond motifs is 3. The number of benzene rings is 2. The average Bonchev–Trinajstić information content (AvgIpc) is 3.38. The van der Waals surface area contributed by atoms with E-state index in [4.69, 9.17) is 4.98 Å². The predicted octanol–water partition coefficient (Wildman–Crippen LogP) is 6.09. The molecule has 0 unspecified atom stereocenters. The Balaban J connectivity index is 1.56. The number of aromatic hydroxyl groups is 1. The Kier molecular flexibility index (Phi) is 4.99. The number of thiophene rings is 1. The number of aryl methyl sites for hydroxylation is 1. The van der Waals surface area contributed by atoms with Crippen LogP contribution in [0.1, 0.15) is 35.8 Å². The summed E-state index contributed by atoms with van der Waals surface area (Å²) in [7, 11) is 0. The predicted molar refractivity (Wildman–Crippen MR) is 131 cm³/mol. The molecule has 2 aromatic carbocycles. The fourth-order valence-electron chi connectivity index (χ4n) is 4.41. The van der Waals surface area contributed by atoms with Gasteiger partial charge >= 0.3 is 0 Å². The van der Waals surface area contributed by atoms with Gasteiger partial charge in [0.2, 0.25) is 0 Å². The summed E-state index contributed by atoms with van der Waals surface area (Å²) in [4.78, 5) is 23.7. The monoisotopic (exact) mass is 477 g/mol. The van der Waals surface area contributed by atoms with Crippen molar-refractivity contribution >= 4 is 43.0 Å². The number of phenolic OH excluding ortho intramolecular Hbond substituents is 1. The Bertz CT molecular complexity index is 1550. The minimum absolute atomic E-state index is 0.128. The van der Waals surface area contributed by atoms with Crippen molar-refractivity contribution in [2.75, 3.05) is 0 Å². The molecule has 1 aliphatic carbocycles. The second kappa shape index (κ2) is 8.04. The first kappa shape index (κ1) is 20.5. The molecule has 1 N–H and O–H groups in total. The third-order valence-corrected chi connectivity index (χ3v) is 8.09. The maximum absolute atomic E-state index is 14.1. The smallest absolute Gasteiger partial charge is 0.263 e. The van der Waals surface area contributed by atoms with Crippen molar-refractivity contribution in [1.29, 1.82) is 0 Å². The summed E-state index contributed by atoms with van der Waals surface area (Å²) >= 11 is 2.92. The van der Waals surface area contributed by atoms with Gasteiger partial charge in [0, 0.05) is 35.5 Å². The van der Waals surface area contributed by atoms with E-state index in [0.717, 1.165) is 41.8 Å². The Hall–Kier alpha value is -3.10. The van der Waals surface area contributed by atoms with E-state index in [1.165, 1.54) is 17.4 Å². The molecule has 1 fully saturated rings. The molecule has 1 aliphatic rings. The van der Waals surface area contributed by atoms with Gasteiger partial charge in [-0.05, 0) is 55.0 Å². The second-order valence-electron chi connectivity index (χ2n) is 8.36. The molecule has 166 valence electrons. The summed E-state index contributed by atoms with van der Waals surface area (Å²) in [5.41, 5.74) is 1.60. The Morgan fingerprint density at radius 2 is 2.09 bits per heavy atom. The lowest BCUT2D eigenvalue weighted by atomic mass is 10.0. The molecule has 8 heteroatoms. The summed E-state index contributed by atoms with van der Waals surface area (Å²) in [6.45, 7) is 0.480. The van der Waals surface area contributed by atoms with Crippen LogP contribution in [0.2, 0.25) is 0 Å². The van der Waals surface area contributed by atoms with Gasteiger partial charge in [-0.15, -0.1) is 22.7 Å². The van der Waals surface area contributed by atoms with Gasteiger partial charge in [-0.25, -0.2) is 14.4 Å². The standard InChI is InChI=1S/C25H20FN3O2S2/c26-15-8-9-16(18(13-15)14-6-7-14)23-28-24-21(17-3-1-4-19(30)22(17)33-24)25(31)29(23)11-2-5-20-27-10-12-32-20/h1,3-4,8-10,12-14,30H,2,5-7,11H2. The van der Waals surface area contributed by atoms with Crippen LogP contribution in [0, 0.1) is 5.82 Å². The zero-order valence-electron chi connectivity index (χ0n) is 17.6. The molecule has 3 aromatic heterocycles. The Morgan fingerprint density at radius 1 is 1.21 bits per heavy atom. The number of hydrogen-bond donors (Lipinski definition) is 1. The van der Waals surface area contributed by atoms with Crippen molar-refractivity contribution in [2.45, 2.75) is 38.1 Å². The molecule has 6 rings (SSSR count). The first-order valence-corrected chi connectivity index (χ1v) is 12.6. The van der Waals surface area contributed by atoms with E-state index in [9.17, 15) is 14.3 Å². The highest BCUT2D eigenvalue weighted by atomic mass is 32.1. The van der Waals surface area contributed by atoms with Crippen molar-refractivity contribution in [2.24, 2.45) is 0 Å². The van der Waals surface area contributed by atoms with Crippen molar-refractivity contribution in [1.82, 2.24) is 14.5 Å². The molecule has 0 aliphatic heterocycles. The third kappa shape index (κ3) is 3.63. The normalized spacial score (nSPS) is 13.8. The number of hydrogen-bond acceptors (Lipinski definition) is 6. The topological polar surface area (TPSA) is 68.0 Å². The van der Waals surface area contributed by atoms with E-state index in [1.54, 1.807) is 46.4 Å². The molecule has 5 aromatic rings. The second-order valence-corrected chi connectivity index (χ2v) is 10.3. The van der Waals surface area contributed by atoms with Crippen LogP contribution in [-0.4, -0.2) is 19.6 Å². The van der Waals surface area contributed by atoms with Gasteiger partial charge in [0.15, 0.2) is 0 Å². The molecule has 0 saturated heterocycles. The zero-order chi connectivity index (χ0) is 22.5. The zero-order valence-corrected chi connectivity index (χ0v) is 19.3. The number of thiazole rings is 1. The maximum Gasteiger partial charge on any atom is 0.263 e. The average molecular weight is 478 g/mol. The minimum Gasteiger partial charge on any atom is -0.506 e. The van der Waals surface area contributed by atoms with E-state index in [-0.39, 0.29) is 17.1 Å². The van der Waals surface area contributed by atoms with Crippen molar-refractivity contribution in [3.05, 3.63) is 74.7 Å². The lowest BCUT2D eigenvalue weighted by Gasteiger charge is -2.15. The maximum atomic E-state index is 14.1. The summed E-state index contributed by atoms with van der Waals surface area (Å²) < 4.78 is 16.5. The summed E-state index contributed by atoms with van der Waals surface area (Å²) in [6, 6.07) is 9.99. The number of aromatic nitrogens is 3. The molecule has 0 bridgehead atoms. The summed E-state index contributed by atoms with van der Waals surface area (Å²) in [5, 5.41) is 14.6. The van der Waals surface area contributed by atoms with Crippen LogP contribution in [0.15, 0.2) is 52.8 Å². The highest BCUT2D eigenvalue weighted by Crippen LogP contribution is 2.45. The van der Waals surface area contributed by atoms with Crippen molar-refractivity contribution < 1.29 is 9.50 Å². The first-order chi connectivity index (χ1) is 16.1. The molecular weight excluding hydrogens is 457 g/mol. The first-order valence-electron chi connectivity index (χ1n) is 10.9. The molecular formula is C25H20FN3O2S2. The molecule has 0 radical (unpaired) electrons. The quantitative estimate of drug-likeness (QED) is 0.321. The van der Waals surface area contributed by atoms with Crippen molar-refractivity contribution in [3.8, 4) is 17.1 Å². The van der Waals surface area contributed by atoms with Crippen LogP contribution < -0.4 is 5.56 Å². The molecule has 0 amide bonds. The lowest BCUT2D eigenvalue weighted by Crippen LogP contribution is -2.24. The number of phenols is 1. The van der Waals surface area contributed by atoms with Gasteiger partial charge in [0.05, 0.1) is 15.1 Å². The van der Waals surface area contributed by atoms with Crippen molar-refractivity contribution in [3.63, 3.8) is 0 Å². The van der Waals surface area contributed by atoms with Gasteiger partial charge < -0.3 is 5.11 Å². The lowest BCUT2D eigenvalue weighted by molar-refractivity contribution is 0.482. The molecule has 0 atom stereocenters. The summed E-state index contributed by atoms with van der Waals surface area (Å²) in [5.74, 6) is 0.747. The molecule has 33 heavy (non-hydrogen) atoms. The summed E-state index contributed by atoms with van der Waals surface area (Å²) in [6.07, 6.45) is 5.33. The van der Waals surface area contributed by atoms with E-state index in [2.05, 4.69) is 4.98 Å². The number of rotatable bonds is 6. The number of nitrogens with zero attached hydrogens (tertiary/aromatic N) is 3. The molecule has 0 spiro atoms. The fraction of sp³-hybridized carbons (Fsp3) is 0.240. The highest BCUT2D eigenvalue weighted by molar-refractivity contribution is 7.25. The van der Waals surface area contributed by atoms with Crippen LogP contribution in [0.4, 0.5) is 4.39 Å². The Morgan fingerprint density at radius 3 is 2.88 bits per heavy atom. The van der Waals surface area contributed by atoms with Gasteiger partial charge in [0.25, 0.3) is 5.56 Å². The van der Waals surface area contributed by atoms with E-state index in [0.29, 0.717) is 38.6 Å². The van der Waals surface area contributed by atoms with E-state index < -0.39 is 0 Å². The van der Waals surface area contributed by atoms with Crippen LogP contribution in [0.3, 0.4) is 0 Å². The van der Waals surface area contributed by atoms with Gasteiger partial charge in [-0.2, -0.15) is 0 Å². The third-order valence-electron chi connectivity index (χ3n) is 6.13. The molecule has 5 nitrogen and oxygen atoms in total. The highest BCUT2D eigenvalue weighted by Gasteiger charge is 2.29. The van der Waals surface area contributed by atoms with Crippen LogP contribution >= 0.6 is 22.7 Å². The van der Waals surface area contributed by atoms with Gasteiger partial charge in [-0.3, -0.25) is 9.36 Å². The molecule has 3 heterocycles. The largest absolute Gasteiger partial charge is 0.506 e. The van der Waals surface area contributed by atoms with Crippen LogP contribution in [0.25, 0.3) is 31.7 Å². The fourth-order valence-corrected chi connectivity index (χ4v) is 6.15. The minimum atomic E-state index is -0.272. The van der Waals surface area contributed by atoms with E-state index >= 15 is 0 Å². The van der Waals surface area contributed by atoms with Crippen LogP contribution in [-0.2, 0) is 13.0 Å². The Labute approximate surface area is 196 Å². The van der Waals surface area contributed by atoms with Gasteiger partial charge in [-0.1, -0.05) is 12.1 Å². The SMILES string of the molecule is O=c1c2c(nc(-c3ccc(F)cc3C3CC3)n1CCCc1nccs1)sc1c(O)cccc12. The number of halogens is 1. The van der Waals surface area contributed by atoms with E-state index in [1.807, 2.05) is 11.4 Å². The molecule has 1 saturated carbocycles.